The standard InChI is InChI=1S/C21H28N4O2.2C2HF3O2/c26-20-19(25-9-11-27-12-10-25)17-3-1-2-4-18(17)21(20)5-7-24(8-6-21)14-16-13-22-15-23-16;2*3-2(4,5)1(6)7/h1-4,13,15,19-20,26H,5-12,14H2,(H,22,23);2*(H,6,7)/t19-,20+;;/m1../s1. The van der Waals surface area contributed by atoms with Gasteiger partial charge in [-0.3, -0.25) is 9.80 Å². The third-order valence-electron chi connectivity index (χ3n) is 7.30. The Hall–Kier alpha value is -3.21. The summed E-state index contributed by atoms with van der Waals surface area (Å²) in [6, 6.07) is 8.83. The molecule has 0 bridgehead atoms. The van der Waals surface area contributed by atoms with Crippen LogP contribution in [0.15, 0.2) is 36.8 Å². The molecule has 228 valence electrons. The molecule has 1 aromatic carbocycles. The molecule has 3 heterocycles. The zero-order valence-electron chi connectivity index (χ0n) is 21.7. The maximum Gasteiger partial charge on any atom is 0.490 e. The Bertz CT molecular complexity index is 1120. The molecule has 2 atom stereocenters. The lowest BCUT2D eigenvalue weighted by Gasteiger charge is -2.44. The molecule has 1 aromatic heterocycles. The Balaban J connectivity index is 0.000000276. The van der Waals surface area contributed by atoms with Gasteiger partial charge in [-0.05, 0) is 37.1 Å². The largest absolute Gasteiger partial charge is 0.490 e. The van der Waals surface area contributed by atoms with Crippen LogP contribution in [-0.2, 0) is 26.3 Å². The minimum absolute atomic E-state index is 0.101. The monoisotopic (exact) mass is 596 g/mol. The summed E-state index contributed by atoms with van der Waals surface area (Å²) in [6.45, 7) is 6.23. The number of nitrogens with one attached hydrogen (secondary N) is 1. The number of aliphatic carboxylic acids is 2. The van der Waals surface area contributed by atoms with E-state index < -0.39 is 24.3 Å². The third kappa shape index (κ3) is 7.96. The number of aliphatic hydroxyl groups is 1. The molecule has 10 nitrogen and oxygen atoms in total. The van der Waals surface area contributed by atoms with Gasteiger partial charge >= 0.3 is 24.3 Å². The van der Waals surface area contributed by atoms with Crippen molar-refractivity contribution in [2.24, 2.45) is 0 Å². The van der Waals surface area contributed by atoms with Crippen LogP contribution in [0.4, 0.5) is 26.3 Å². The molecular formula is C25H30F6N4O6. The van der Waals surface area contributed by atoms with E-state index in [1.165, 1.54) is 11.1 Å². The number of morpholine rings is 1. The second-order valence-corrected chi connectivity index (χ2v) is 9.74. The van der Waals surface area contributed by atoms with Gasteiger partial charge in [-0.1, -0.05) is 24.3 Å². The van der Waals surface area contributed by atoms with Gasteiger partial charge in [0.15, 0.2) is 0 Å². The van der Waals surface area contributed by atoms with Crippen LogP contribution in [0.25, 0.3) is 0 Å². The number of benzene rings is 1. The number of rotatable bonds is 3. The van der Waals surface area contributed by atoms with Gasteiger partial charge in [-0.2, -0.15) is 26.3 Å². The molecule has 2 saturated heterocycles. The van der Waals surface area contributed by atoms with Crippen molar-refractivity contribution < 1.29 is 56.0 Å². The SMILES string of the molecule is O=C(O)C(F)(F)F.O=C(O)C(F)(F)F.O[C@H]1[C@H](N2CCOCC2)c2ccccc2C12CCN(Cc1cnc[nH]1)CC2. The van der Waals surface area contributed by atoms with Gasteiger partial charge in [-0.15, -0.1) is 0 Å². The Morgan fingerprint density at radius 3 is 2.00 bits per heavy atom. The highest BCUT2D eigenvalue weighted by atomic mass is 19.4. The minimum atomic E-state index is -5.08. The Morgan fingerprint density at radius 2 is 1.51 bits per heavy atom. The zero-order chi connectivity index (χ0) is 30.4. The number of likely N-dealkylation sites (tertiary alicyclic amines) is 1. The molecule has 41 heavy (non-hydrogen) atoms. The number of halogens is 6. The van der Waals surface area contributed by atoms with Crippen LogP contribution in [0.3, 0.4) is 0 Å². The first-order chi connectivity index (χ1) is 19.2. The number of carbonyl (C=O) groups is 2. The molecule has 2 aromatic rings. The Labute approximate surface area is 230 Å². The highest BCUT2D eigenvalue weighted by molar-refractivity contribution is 5.73. The van der Waals surface area contributed by atoms with Crippen LogP contribution in [0.2, 0.25) is 0 Å². The quantitative estimate of drug-likeness (QED) is 0.394. The number of aromatic amines is 1. The molecule has 1 aliphatic carbocycles. The highest BCUT2D eigenvalue weighted by Gasteiger charge is 2.54. The number of hydrogen-bond acceptors (Lipinski definition) is 7. The van der Waals surface area contributed by atoms with Gasteiger partial charge < -0.3 is 25.0 Å². The average molecular weight is 597 g/mol. The number of aliphatic hydroxyl groups excluding tert-OH is 1. The second-order valence-electron chi connectivity index (χ2n) is 9.74. The van der Waals surface area contributed by atoms with Gasteiger partial charge in [0.05, 0.1) is 31.7 Å². The fraction of sp³-hybridized carbons (Fsp3) is 0.560. The van der Waals surface area contributed by atoms with Crippen LogP contribution < -0.4 is 0 Å². The fourth-order valence-corrected chi connectivity index (χ4v) is 5.38. The third-order valence-corrected chi connectivity index (χ3v) is 7.30. The van der Waals surface area contributed by atoms with E-state index in [1.54, 1.807) is 6.33 Å². The van der Waals surface area contributed by atoms with Gasteiger partial charge in [0.25, 0.3) is 0 Å². The van der Waals surface area contributed by atoms with Crippen LogP contribution in [-0.4, -0.2) is 105 Å². The number of fused-ring (bicyclic) bond motifs is 2. The summed E-state index contributed by atoms with van der Waals surface area (Å²) in [4.78, 5) is 30.0. The topological polar surface area (TPSA) is 139 Å². The molecule has 16 heteroatoms. The van der Waals surface area contributed by atoms with Crippen molar-refractivity contribution in [3.8, 4) is 0 Å². The van der Waals surface area contributed by atoms with Gasteiger partial charge in [0, 0.05) is 36.9 Å². The number of H-pyrrole nitrogens is 1. The van der Waals surface area contributed by atoms with E-state index in [4.69, 9.17) is 24.5 Å². The van der Waals surface area contributed by atoms with E-state index in [2.05, 4.69) is 44.0 Å². The molecule has 4 N–H and O–H groups in total. The molecule has 0 radical (unpaired) electrons. The van der Waals surface area contributed by atoms with E-state index in [1.807, 2.05) is 6.20 Å². The average Bonchev–Trinajstić information content (AvgIpc) is 3.50. The molecule has 1 spiro atoms. The lowest BCUT2D eigenvalue weighted by molar-refractivity contribution is -0.193. The molecule has 3 aliphatic rings. The molecule has 0 saturated carbocycles. The number of carboxylic acid groups (broad SMARTS) is 2. The summed E-state index contributed by atoms with van der Waals surface area (Å²) in [5.41, 5.74) is 3.73. The predicted molar refractivity (Wildman–Crippen MR) is 130 cm³/mol. The first kappa shape index (κ1) is 32.3. The Morgan fingerprint density at radius 1 is 0.976 bits per heavy atom. The first-order valence-corrected chi connectivity index (χ1v) is 12.6. The number of alkyl halides is 6. The van der Waals surface area contributed by atoms with E-state index in [-0.39, 0.29) is 17.6 Å². The van der Waals surface area contributed by atoms with Crippen molar-refractivity contribution in [2.75, 3.05) is 39.4 Å². The summed E-state index contributed by atoms with van der Waals surface area (Å²) < 4.78 is 69.0. The van der Waals surface area contributed by atoms with Crippen molar-refractivity contribution in [2.45, 2.75) is 49.3 Å². The maximum atomic E-state index is 11.6. The summed E-state index contributed by atoms with van der Waals surface area (Å²) >= 11 is 0. The van der Waals surface area contributed by atoms with Crippen LogP contribution in [0.1, 0.15) is 35.7 Å². The normalized spacial score (nSPS) is 22.6. The van der Waals surface area contributed by atoms with E-state index in [0.717, 1.165) is 64.5 Å². The molecular weight excluding hydrogens is 566 g/mol. The summed E-state index contributed by atoms with van der Waals surface area (Å²) in [5, 5.41) is 25.8. The van der Waals surface area contributed by atoms with Gasteiger partial charge in [0.1, 0.15) is 0 Å². The number of aromatic nitrogens is 2. The van der Waals surface area contributed by atoms with Crippen molar-refractivity contribution in [3.05, 3.63) is 53.6 Å². The van der Waals surface area contributed by atoms with Crippen molar-refractivity contribution >= 4 is 11.9 Å². The van der Waals surface area contributed by atoms with Gasteiger partial charge in [-0.25, -0.2) is 14.6 Å². The lowest BCUT2D eigenvalue weighted by Crippen LogP contribution is -2.51. The Kier molecular flexibility index (Phi) is 10.4. The minimum Gasteiger partial charge on any atom is -0.475 e. The smallest absolute Gasteiger partial charge is 0.475 e. The molecule has 0 unspecified atom stereocenters. The zero-order valence-corrected chi connectivity index (χ0v) is 21.7. The van der Waals surface area contributed by atoms with Crippen molar-refractivity contribution in [3.63, 3.8) is 0 Å². The molecule has 2 fully saturated rings. The van der Waals surface area contributed by atoms with E-state index in [0.29, 0.717) is 0 Å². The number of piperidine rings is 1. The molecule has 2 aliphatic heterocycles. The van der Waals surface area contributed by atoms with E-state index in [9.17, 15) is 31.4 Å². The highest BCUT2D eigenvalue weighted by Crippen LogP contribution is 2.53. The molecule has 0 amide bonds. The summed E-state index contributed by atoms with van der Waals surface area (Å²) in [7, 11) is 0. The fourth-order valence-electron chi connectivity index (χ4n) is 5.38. The van der Waals surface area contributed by atoms with Crippen LogP contribution >= 0.6 is 0 Å². The predicted octanol–water partition coefficient (Wildman–Crippen LogP) is 2.96. The van der Waals surface area contributed by atoms with Crippen molar-refractivity contribution in [1.82, 2.24) is 19.8 Å². The van der Waals surface area contributed by atoms with Gasteiger partial charge in [0.2, 0.25) is 0 Å². The summed E-state index contributed by atoms with van der Waals surface area (Å²) in [5.74, 6) is -5.51. The maximum absolute atomic E-state index is 11.6. The number of imidazole rings is 1. The lowest BCUT2D eigenvalue weighted by atomic mass is 9.72. The van der Waals surface area contributed by atoms with E-state index >= 15 is 0 Å². The van der Waals surface area contributed by atoms with Crippen molar-refractivity contribution in [1.29, 1.82) is 0 Å². The van der Waals surface area contributed by atoms with Crippen LogP contribution in [0.5, 0.6) is 0 Å². The van der Waals surface area contributed by atoms with Crippen LogP contribution in [0, 0.1) is 0 Å². The summed E-state index contributed by atoms with van der Waals surface area (Å²) in [6.07, 6.45) is -4.87. The number of carboxylic acids is 2. The second kappa shape index (κ2) is 13.2. The number of hydrogen-bond donors (Lipinski definition) is 4. The molecule has 5 rings (SSSR count). The number of nitrogens with zero attached hydrogens (tertiary/aromatic N) is 3. The first-order valence-electron chi connectivity index (χ1n) is 12.6. The number of ether oxygens (including phenoxy) is 1.